The first-order valence-corrected chi connectivity index (χ1v) is 9.39. The third kappa shape index (κ3) is 4.56. The number of guanidine groups is 1. The van der Waals surface area contributed by atoms with Gasteiger partial charge in [-0.2, -0.15) is 0 Å². The highest BCUT2D eigenvalue weighted by molar-refractivity contribution is 14.0. The lowest BCUT2D eigenvalue weighted by Gasteiger charge is -2.20. The van der Waals surface area contributed by atoms with Gasteiger partial charge < -0.3 is 15.5 Å². The van der Waals surface area contributed by atoms with Crippen molar-refractivity contribution in [3.05, 3.63) is 65.7 Å². The van der Waals surface area contributed by atoms with Gasteiger partial charge in [-0.1, -0.05) is 24.3 Å². The second-order valence-electron chi connectivity index (χ2n) is 7.21. The van der Waals surface area contributed by atoms with E-state index in [-0.39, 0.29) is 41.5 Å². The largest absolute Gasteiger partial charge is 0.369 e. The molecule has 2 aromatic rings. The maximum atomic E-state index is 13.9. The van der Waals surface area contributed by atoms with Crippen LogP contribution in [0.15, 0.2) is 53.5 Å². The molecule has 2 aliphatic rings. The van der Waals surface area contributed by atoms with Crippen LogP contribution in [0.2, 0.25) is 0 Å². The van der Waals surface area contributed by atoms with E-state index in [0.717, 1.165) is 19.5 Å². The molecule has 1 aliphatic heterocycles. The zero-order valence-electron chi connectivity index (χ0n) is 15.7. The molecular weight excluding hydrogens is 473 g/mol. The van der Waals surface area contributed by atoms with Crippen molar-refractivity contribution in [2.75, 3.05) is 25.0 Å². The van der Waals surface area contributed by atoms with E-state index in [4.69, 9.17) is 0 Å². The summed E-state index contributed by atoms with van der Waals surface area (Å²) in [5.74, 6) is -0.392. The van der Waals surface area contributed by atoms with Gasteiger partial charge in [0.2, 0.25) is 0 Å². The summed E-state index contributed by atoms with van der Waals surface area (Å²) in [6.07, 6.45) is 1.73. The van der Waals surface area contributed by atoms with Crippen molar-refractivity contribution in [3.8, 4) is 0 Å². The molecule has 1 heterocycles. The number of rotatable bonds is 4. The van der Waals surface area contributed by atoms with Gasteiger partial charge in [0, 0.05) is 49.4 Å². The summed E-state index contributed by atoms with van der Waals surface area (Å²) >= 11 is 0. The number of aliphatic imine (C=N–C) groups is 1. The van der Waals surface area contributed by atoms with Gasteiger partial charge in [0.15, 0.2) is 5.96 Å². The monoisotopic (exact) mass is 498 g/mol. The second kappa shape index (κ2) is 9.07. The van der Waals surface area contributed by atoms with Crippen molar-refractivity contribution >= 4 is 35.6 Å². The van der Waals surface area contributed by atoms with Crippen LogP contribution >= 0.6 is 24.0 Å². The molecule has 4 nitrogen and oxygen atoms in total. The average Bonchev–Trinajstić information content (AvgIpc) is 3.25. The SMILES string of the molecule is CN=C(NC1CCN(c2ccccc2)C1)NC1CC1c1c(F)cccc1F.I. The molecule has 0 radical (unpaired) electrons. The van der Waals surface area contributed by atoms with E-state index in [1.807, 2.05) is 18.2 Å². The van der Waals surface area contributed by atoms with Gasteiger partial charge in [-0.3, -0.25) is 4.99 Å². The fraction of sp³-hybridized carbons (Fsp3) is 0.381. The third-order valence-corrected chi connectivity index (χ3v) is 5.36. The molecule has 2 N–H and O–H groups in total. The number of halogens is 3. The maximum Gasteiger partial charge on any atom is 0.191 e. The molecule has 1 saturated heterocycles. The molecule has 150 valence electrons. The summed E-state index contributed by atoms with van der Waals surface area (Å²) in [5.41, 5.74) is 1.41. The van der Waals surface area contributed by atoms with E-state index in [1.165, 1.54) is 23.9 Å². The van der Waals surface area contributed by atoms with Crippen LogP contribution < -0.4 is 15.5 Å². The van der Waals surface area contributed by atoms with Crippen LogP contribution in [0.5, 0.6) is 0 Å². The molecule has 28 heavy (non-hydrogen) atoms. The molecule has 0 spiro atoms. The quantitative estimate of drug-likeness (QED) is 0.382. The zero-order chi connectivity index (χ0) is 18.8. The molecule has 0 amide bonds. The summed E-state index contributed by atoms with van der Waals surface area (Å²) in [6, 6.07) is 14.7. The fourth-order valence-electron chi connectivity index (χ4n) is 3.83. The normalized spacial score (nSPS) is 23.9. The number of nitrogens with one attached hydrogen (secondary N) is 2. The first kappa shape index (κ1) is 20.8. The summed E-state index contributed by atoms with van der Waals surface area (Å²) in [7, 11) is 1.72. The average molecular weight is 498 g/mol. The van der Waals surface area contributed by atoms with Crippen LogP contribution in [0.4, 0.5) is 14.5 Å². The predicted molar refractivity (Wildman–Crippen MR) is 120 cm³/mol. The molecule has 7 heteroatoms. The first-order chi connectivity index (χ1) is 13.2. The molecule has 4 rings (SSSR count). The molecule has 3 unspecified atom stereocenters. The maximum absolute atomic E-state index is 13.9. The molecule has 2 fully saturated rings. The lowest BCUT2D eigenvalue weighted by atomic mass is 10.1. The Hall–Kier alpha value is -1.90. The van der Waals surface area contributed by atoms with E-state index >= 15 is 0 Å². The second-order valence-corrected chi connectivity index (χ2v) is 7.21. The number of benzene rings is 2. The number of nitrogens with zero attached hydrogens (tertiary/aromatic N) is 2. The topological polar surface area (TPSA) is 39.7 Å². The standard InChI is InChI=1S/C21H24F2N4.HI/c1-24-21(25-14-10-11-27(13-14)15-6-3-2-4-7-15)26-19-12-16(19)20-17(22)8-5-9-18(20)23;/h2-9,14,16,19H,10-13H2,1H3,(H2,24,25,26);1H. The molecule has 1 saturated carbocycles. The van der Waals surface area contributed by atoms with Crippen LogP contribution in [-0.4, -0.2) is 38.2 Å². The van der Waals surface area contributed by atoms with E-state index in [9.17, 15) is 8.78 Å². The smallest absolute Gasteiger partial charge is 0.191 e. The molecule has 3 atom stereocenters. The highest BCUT2D eigenvalue weighted by Crippen LogP contribution is 2.43. The van der Waals surface area contributed by atoms with E-state index in [1.54, 1.807) is 7.05 Å². The Bertz CT molecular complexity index is 810. The molecule has 1 aliphatic carbocycles. The number of anilines is 1. The Balaban J connectivity index is 0.00000225. The predicted octanol–water partition coefficient (Wildman–Crippen LogP) is 3.88. The van der Waals surface area contributed by atoms with Gasteiger partial charge in [0.1, 0.15) is 11.6 Å². The number of hydrogen-bond acceptors (Lipinski definition) is 2. The van der Waals surface area contributed by atoms with Crippen LogP contribution in [0, 0.1) is 11.6 Å². The van der Waals surface area contributed by atoms with Crippen molar-refractivity contribution < 1.29 is 8.78 Å². The van der Waals surface area contributed by atoms with Crippen molar-refractivity contribution in [2.24, 2.45) is 4.99 Å². The van der Waals surface area contributed by atoms with Gasteiger partial charge in [-0.05, 0) is 37.1 Å². The summed E-state index contributed by atoms with van der Waals surface area (Å²) < 4.78 is 27.9. The minimum atomic E-state index is -0.471. The van der Waals surface area contributed by atoms with E-state index < -0.39 is 11.6 Å². The number of para-hydroxylation sites is 1. The summed E-state index contributed by atoms with van der Waals surface area (Å²) in [5, 5.41) is 6.76. The number of hydrogen-bond donors (Lipinski definition) is 2. The van der Waals surface area contributed by atoms with Crippen LogP contribution in [0.3, 0.4) is 0 Å². The van der Waals surface area contributed by atoms with Crippen LogP contribution in [0.1, 0.15) is 24.3 Å². The minimum Gasteiger partial charge on any atom is -0.369 e. The van der Waals surface area contributed by atoms with E-state index in [2.05, 4.69) is 32.7 Å². The Morgan fingerprint density at radius 1 is 1.04 bits per heavy atom. The minimum absolute atomic E-state index is 0. The Morgan fingerprint density at radius 3 is 2.43 bits per heavy atom. The lowest BCUT2D eigenvalue weighted by Crippen LogP contribution is -2.45. The molecule has 0 bridgehead atoms. The van der Waals surface area contributed by atoms with Crippen LogP contribution in [0.25, 0.3) is 0 Å². The van der Waals surface area contributed by atoms with Crippen molar-refractivity contribution in [1.29, 1.82) is 0 Å². The van der Waals surface area contributed by atoms with Gasteiger partial charge in [0.25, 0.3) is 0 Å². The molecule has 2 aromatic carbocycles. The fourth-order valence-corrected chi connectivity index (χ4v) is 3.83. The third-order valence-electron chi connectivity index (χ3n) is 5.36. The summed E-state index contributed by atoms with van der Waals surface area (Å²) in [4.78, 5) is 6.64. The highest BCUT2D eigenvalue weighted by atomic mass is 127. The highest BCUT2D eigenvalue weighted by Gasteiger charge is 2.42. The van der Waals surface area contributed by atoms with Crippen LogP contribution in [-0.2, 0) is 0 Å². The van der Waals surface area contributed by atoms with Gasteiger partial charge in [-0.15, -0.1) is 24.0 Å². The summed E-state index contributed by atoms with van der Waals surface area (Å²) in [6.45, 7) is 1.89. The Kier molecular flexibility index (Phi) is 6.74. The van der Waals surface area contributed by atoms with Crippen molar-refractivity contribution in [3.63, 3.8) is 0 Å². The zero-order valence-corrected chi connectivity index (χ0v) is 18.1. The van der Waals surface area contributed by atoms with Gasteiger partial charge in [-0.25, -0.2) is 8.78 Å². The Labute approximate surface area is 181 Å². The van der Waals surface area contributed by atoms with Crippen molar-refractivity contribution in [2.45, 2.75) is 30.8 Å². The van der Waals surface area contributed by atoms with Gasteiger partial charge >= 0.3 is 0 Å². The molecular formula is C21H25F2IN4. The van der Waals surface area contributed by atoms with Gasteiger partial charge in [0.05, 0.1) is 0 Å². The lowest BCUT2D eigenvalue weighted by molar-refractivity contribution is 0.553. The Morgan fingerprint density at radius 2 is 1.75 bits per heavy atom. The molecule has 0 aromatic heterocycles. The van der Waals surface area contributed by atoms with E-state index in [0.29, 0.717) is 18.4 Å². The first-order valence-electron chi connectivity index (χ1n) is 9.39. The van der Waals surface area contributed by atoms with Crippen molar-refractivity contribution in [1.82, 2.24) is 10.6 Å².